The van der Waals surface area contributed by atoms with Gasteiger partial charge in [0.15, 0.2) is 0 Å². The van der Waals surface area contributed by atoms with Crippen LogP contribution in [0.3, 0.4) is 0 Å². The molecule has 0 saturated carbocycles. The average Bonchev–Trinajstić information content (AvgIpc) is 2.64. The van der Waals surface area contributed by atoms with Gasteiger partial charge in [-0.25, -0.2) is 4.79 Å². The second-order valence-electron chi connectivity index (χ2n) is 6.40. The first kappa shape index (κ1) is 17.8. The molecule has 0 saturated heterocycles. The highest BCUT2D eigenvalue weighted by molar-refractivity contribution is 5.96. The lowest BCUT2D eigenvalue weighted by Crippen LogP contribution is -2.34. The Balaban J connectivity index is 1.67. The van der Waals surface area contributed by atoms with Crippen LogP contribution in [-0.2, 0) is 6.42 Å². The number of hydrogen-bond donors (Lipinski definition) is 4. The van der Waals surface area contributed by atoms with Crippen LogP contribution in [0.2, 0.25) is 0 Å². The summed E-state index contributed by atoms with van der Waals surface area (Å²) in [7, 11) is 1.65. The van der Waals surface area contributed by atoms with Crippen molar-refractivity contribution in [3.05, 3.63) is 55.9 Å². The minimum atomic E-state index is -0.771. The molecule has 1 atom stereocenters. The van der Waals surface area contributed by atoms with Crippen LogP contribution in [0.1, 0.15) is 46.8 Å². The van der Waals surface area contributed by atoms with Gasteiger partial charge in [0.2, 0.25) is 0 Å². The topological polar surface area (TPSA) is 130 Å². The fourth-order valence-electron chi connectivity index (χ4n) is 3.43. The Morgan fingerprint density at radius 1 is 1.35 bits per heavy atom. The number of nitrogens with one attached hydrogen (secondary N) is 3. The third kappa shape index (κ3) is 3.63. The summed E-state index contributed by atoms with van der Waals surface area (Å²) in [5.41, 5.74) is 6.11. The molecular weight excluding hydrogens is 336 g/mol. The second kappa shape index (κ2) is 7.47. The van der Waals surface area contributed by atoms with Crippen molar-refractivity contribution in [1.29, 1.82) is 0 Å². The lowest BCUT2D eigenvalue weighted by atomic mass is 9.81. The van der Waals surface area contributed by atoms with Crippen LogP contribution >= 0.6 is 0 Å². The van der Waals surface area contributed by atoms with Crippen LogP contribution in [-0.4, -0.2) is 29.5 Å². The summed E-state index contributed by atoms with van der Waals surface area (Å²) in [5.74, 6) is 0.589. The number of amides is 1. The highest BCUT2D eigenvalue weighted by atomic mass is 16.5. The predicted octanol–water partition coefficient (Wildman–Crippen LogP) is 0.894. The molecule has 0 spiro atoms. The summed E-state index contributed by atoms with van der Waals surface area (Å²) in [6.07, 6.45) is 3.94. The van der Waals surface area contributed by atoms with E-state index in [0.717, 1.165) is 31.4 Å². The normalized spacial score (nSPS) is 16.0. The molecule has 3 rings (SSSR count). The van der Waals surface area contributed by atoms with Crippen molar-refractivity contribution in [3.63, 3.8) is 0 Å². The van der Waals surface area contributed by atoms with Gasteiger partial charge in [0.1, 0.15) is 17.1 Å². The molecule has 1 amide bonds. The second-order valence-corrected chi connectivity index (χ2v) is 6.40. The average molecular weight is 358 g/mol. The number of ether oxygens (including phenoxy) is 1. The van der Waals surface area contributed by atoms with E-state index in [-0.39, 0.29) is 11.4 Å². The zero-order chi connectivity index (χ0) is 18.7. The number of aromatic nitrogens is 2. The number of aryl methyl sites for hydroxylation is 1. The number of carbonyl (C=O) groups is 1. The molecule has 0 radical (unpaired) electrons. The smallest absolute Gasteiger partial charge is 0.326 e. The molecule has 1 aliphatic carbocycles. The maximum absolute atomic E-state index is 12.2. The Kier molecular flexibility index (Phi) is 5.11. The van der Waals surface area contributed by atoms with Crippen molar-refractivity contribution in [3.8, 4) is 5.75 Å². The summed E-state index contributed by atoms with van der Waals surface area (Å²) in [6, 6.07) is 6.13. The quantitative estimate of drug-likeness (QED) is 0.631. The lowest BCUT2D eigenvalue weighted by Gasteiger charge is -2.26. The van der Waals surface area contributed by atoms with Gasteiger partial charge in [-0.05, 0) is 54.9 Å². The fraction of sp³-hybridized carbons (Fsp3) is 0.389. The van der Waals surface area contributed by atoms with Gasteiger partial charge < -0.3 is 20.8 Å². The largest absolute Gasteiger partial charge is 0.497 e. The number of aromatic amines is 2. The van der Waals surface area contributed by atoms with Crippen LogP contribution in [0.15, 0.2) is 27.8 Å². The number of hydrogen-bond acceptors (Lipinski definition) is 5. The molecule has 2 aromatic rings. The van der Waals surface area contributed by atoms with Crippen LogP contribution in [0.4, 0.5) is 5.69 Å². The number of carbonyl (C=O) groups excluding carboxylic acids is 1. The van der Waals surface area contributed by atoms with E-state index in [0.29, 0.717) is 12.5 Å². The van der Waals surface area contributed by atoms with Gasteiger partial charge in [0.05, 0.1) is 7.11 Å². The van der Waals surface area contributed by atoms with E-state index in [2.05, 4.69) is 22.4 Å². The number of methoxy groups -OCH3 is 1. The highest BCUT2D eigenvalue weighted by Gasteiger charge is 2.21. The molecule has 0 aliphatic heterocycles. The number of rotatable bonds is 5. The first-order valence-corrected chi connectivity index (χ1v) is 8.56. The standard InChI is InChI=1S/C18H22N4O4/c1-26-12-6-5-10-3-2-4-11(13(10)9-12)7-8-20-17(24)15-14(19)16(23)22-18(25)21-15/h5-6,9,11H,2-4,7-8,19H2,1H3,(H,20,24)(H2,21,22,23,25)/t11-/m0/s1. The predicted molar refractivity (Wildman–Crippen MR) is 97.7 cm³/mol. The van der Waals surface area contributed by atoms with E-state index in [1.54, 1.807) is 7.11 Å². The van der Waals surface area contributed by atoms with Crippen molar-refractivity contribution in [2.75, 3.05) is 19.4 Å². The highest BCUT2D eigenvalue weighted by Crippen LogP contribution is 2.35. The van der Waals surface area contributed by atoms with Crippen molar-refractivity contribution in [2.24, 2.45) is 0 Å². The SMILES string of the molecule is COc1ccc2c(c1)[C@H](CCNC(=O)c1[nH]c(=O)[nH]c(=O)c1N)CCC2. The molecule has 8 heteroatoms. The third-order valence-corrected chi connectivity index (χ3v) is 4.78. The van der Waals surface area contributed by atoms with Crippen molar-refractivity contribution in [1.82, 2.24) is 15.3 Å². The van der Waals surface area contributed by atoms with Crippen LogP contribution in [0.5, 0.6) is 5.75 Å². The van der Waals surface area contributed by atoms with E-state index < -0.39 is 17.2 Å². The van der Waals surface area contributed by atoms with Gasteiger partial charge in [0.25, 0.3) is 11.5 Å². The summed E-state index contributed by atoms with van der Waals surface area (Å²) < 4.78 is 5.31. The van der Waals surface area contributed by atoms with Crippen molar-refractivity contribution < 1.29 is 9.53 Å². The molecule has 1 aliphatic rings. The number of benzene rings is 1. The number of anilines is 1. The van der Waals surface area contributed by atoms with E-state index in [1.165, 1.54) is 11.1 Å². The fourth-order valence-corrected chi connectivity index (χ4v) is 3.43. The van der Waals surface area contributed by atoms with Gasteiger partial charge in [-0.1, -0.05) is 6.07 Å². The molecular formula is C18H22N4O4. The number of nitrogens with two attached hydrogens (primary N) is 1. The first-order chi connectivity index (χ1) is 12.5. The van der Waals surface area contributed by atoms with E-state index in [4.69, 9.17) is 10.5 Å². The molecule has 1 aromatic heterocycles. The molecule has 8 nitrogen and oxygen atoms in total. The maximum Gasteiger partial charge on any atom is 0.326 e. The van der Waals surface area contributed by atoms with Crippen LogP contribution < -0.4 is 27.0 Å². The minimum Gasteiger partial charge on any atom is -0.497 e. The van der Waals surface area contributed by atoms with Gasteiger partial charge in [-0.15, -0.1) is 0 Å². The van der Waals surface area contributed by atoms with E-state index in [1.807, 2.05) is 11.1 Å². The summed E-state index contributed by atoms with van der Waals surface area (Å²) in [5, 5.41) is 2.73. The Bertz CT molecular complexity index is 932. The minimum absolute atomic E-state index is 0.204. The molecule has 1 aromatic carbocycles. The van der Waals surface area contributed by atoms with Crippen LogP contribution in [0.25, 0.3) is 0 Å². The van der Waals surface area contributed by atoms with Gasteiger partial charge in [-0.2, -0.15) is 0 Å². The first-order valence-electron chi connectivity index (χ1n) is 8.56. The molecule has 5 N–H and O–H groups in total. The Labute approximate surface area is 149 Å². The maximum atomic E-state index is 12.2. The Hall–Kier alpha value is -3.03. The summed E-state index contributed by atoms with van der Waals surface area (Å²) in [6.45, 7) is 0.411. The molecule has 0 fully saturated rings. The number of H-pyrrole nitrogens is 2. The van der Waals surface area contributed by atoms with E-state index in [9.17, 15) is 14.4 Å². The van der Waals surface area contributed by atoms with Crippen molar-refractivity contribution >= 4 is 11.6 Å². The zero-order valence-electron chi connectivity index (χ0n) is 14.6. The van der Waals surface area contributed by atoms with Gasteiger partial charge in [0, 0.05) is 6.54 Å². The zero-order valence-corrected chi connectivity index (χ0v) is 14.6. The monoisotopic (exact) mass is 358 g/mol. The third-order valence-electron chi connectivity index (χ3n) is 4.78. The van der Waals surface area contributed by atoms with Crippen molar-refractivity contribution in [2.45, 2.75) is 31.6 Å². The lowest BCUT2D eigenvalue weighted by molar-refractivity contribution is 0.0947. The number of fused-ring (bicyclic) bond motifs is 1. The molecule has 138 valence electrons. The van der Waals surface area contributed by atoms with Gasteiger partial charge in [-0.3, -0.25) is 14.6 Å². The summed E-state index contributed by atoms with van der Waals surface area (Å²) >= 11 is 0. The number of nitrogen functional groups attached to an aromatic ring is 1. The van der Waals surface area contributed by atoms with Gasteiger partial charge >= 0.3 is 5.69 Å². The summed E-state index contributed by atoms with van der Waals surface area (Å²) in [4.78, 5) is 39.3. The van der Waals surface area contributed by atoms with Crippen LogP contribution in [0, 0.1) is 0 Å². The molecule has 1 heterocycles. The molecule has 26 heavy (non-hydrogen) atoms. The molecule has 0 bridgehead atoms. The van der Waals surface area contributed by atoms with E-state index >= 15 is 0 Å². The Morgan fingerprint density at radius 2 is 2.15 bits per heavy atom. The molecule has 0 unspecified atom stereocenters. The Morgan fingerprint density at radius 3 is 2.92 bits per heavy atom.